The van der Waals surface area contributed by atoms with E-state index in [9.17, 15) is 28.5 Å². The van der Waals surface area contributed by atoms with Gasteiger partial charge in [-0.05, 0) is 55.6 Å². The second kappa shape index (κ2) is 8.14. The van der Waals surface area contributed by atoms with Crippen LogP contribution in [-0.4, -0.2) is 54.2 Å². The molecule has 3 aromatic rings. The smallest absolute Gasteiger partial charge is 0.266 e. The first-order valence-electron chi connectivity index (χ1n) is 11.1. The first-order chi connectivity index (χ1) is 16.5. The first-order valence-corrected chi connectivity index (χ1v) is 11.1. The molecule has 0 saturated carbocycles. The number of alkyl halides is 2. The number of nitrogens with two attached hydrogens (primary N) is 1. The Balaban J connectivity index is 1.61. The normalized spacial score (nSPS) is 28.4. The Morgan fingerprint density at radius 3 is 2.80 bits per heavy atom. The van der Waals surface area contributed by atoms with Gasteiger partial charge in [-0.2, -0.15) is 0 Å². The highest BCUT2D eigenvalue weighted by Gasteiger charge is 2.60. The van der Waals surface area contributed by atoms with E-state index in [1.54, 1.807) is 12.3 Å². The molecule has 0 bridgehead atoms. The largest absolute Gasteiger partial charge is 0.385 e. The maximum atomic E-state index is 14.9. The quantitative estimate of drug-likeness (QED) is 0.370. The number of nitrogen functional groups attached to an aromatic ring is 1. The molecule has 2 aliphatic heterocycles. The van der Waals surface area contributed by atoms with Crippen molar-refractivity contribution in [2.24, 2.45) is 0 Å². The Bertz CT molecular complexity index is 1300. The topological polar surface area (TPSA) is 139 Å². The van der Waals surface area contributed by atoms with E-state index in [0.29, 0.717) is 23.1 Å². The van der Waals surface area contributed by atoms with Crippen molar-refractivity contribution in [2.45, 2.75) is 62.9 Å². The van der Waals surface area contributed by atoms with Gasteiger partial charge in [-0.25, -0.2) is 23.1 Å². The molecule has 188 valence electrons. The van der Waals surface area contributed by atoms with Gasteiger partial charge in [0.05, 0.1) is 10.9 Å². The molecular weight excluding hydrogens is 467 g/mol. The Kier molecular flexibility index (Phi) is 5.57. The molecule has 35 heavy (non-hydrogen) atoms. The fourth-order valence-corrected chi connectivity index (χ4v) is 5.33. The summed E-state index contributed by atoms with van der Waals surface area (Å²) < 4.78 is 49.7. The number of hydrogen-bond donors (Lipinski definition) is 5. The molecule has 1 fully saturated rings. The number of aromatic nitrogens is 3. The molecule has 2 aliphatic rings. The first kappa shape index (κ1) is 23.9. The van der Waals surface area contributed by atoms with Crippen LogP contribution < -0.4 is 11.1 Å². The molecule has 0 radical (unpaired) electrons. The van der Waals surface area contributed by atoms with Gasteiger partial charge in [0.15, 0.2) is 6.23 Å². The number of aliphatic hydroxyl groups is 3. The lowest BCUT2D eigenvalue weighted by Gasteiger charge is -2.39. The number of aliphatic hydroxyl groups excluding tert-OH is 1. The van der Waals surface area contributed by atoms with Gasteiger partial charge in [0, 0.05) is 12.7 Å². The predicted molar refractivity (Wildman–Crippen MR) is 119 cm³/mol. The van der Waals surface area contributed by atoms with Crippen LogP contribution in [0.3, 0.4) is 0 Å². The van der Waals surface area contributed by atoms with Gasteiger partial charge >= 0.3 is 0 Å². The number of anilines is 1. The third-order valence-corrected chi connectivity index (χ3v) is 7.14. The van der Waals surface area contributed by atoms with Crippen molar-refractivity contribution in [1.82, 2.24) is 19.9 Å². The standard InChI is InChI=1S/C23H26F3N5O4/c1-22(33,14-7-12(17(25)26)15(24)10-3-5-28-8-13(10)14)21-23(2,34)16(32)20(35-21)31-6-4-11-18(27)29-9-30-19(11)31/h4,6-7,9,16-17,20-21,28,32-34H,3,5,8H2,1-2H3,(H2,27,29,30)/t16-,20+,21+,22+,23-/m0/s1. The number of benzene rings is 1. The zero-order valence-corrected chi connectivity index (χ0v) is 19.0. The maximum absolute atomic E-state index is 14.9. The number of fused-ring (bicyclic) bond motifs is 2. The minimum atomic E-state index is -3.11. The second-order valence-corrected chi connectivity index (χ2v) is 9.46. The molecule has 0 unspecified atom stereocenters. The van der Waals surface area contributed by atoms with Crippen LogP contribution in [-0.2, 0) is 23.3 Å². The third-order valence-electron chi connectivity index (χ3n) is 7.14. The Morgan fingerprint density at radius 1 is 1.34 bits per heavy atom. The van der Waals surface area contributed by atoms with E-state index in [1.807, 2.05) is 0 Å². The van der Waals surface area contributed by atoms with Crippen LogP contribution in [0.1, 0.15) is 48.8 Å². The summed E-state index contributed by atoms with van der Waals surface area (Å²) in [6, 6.07) is 2.54. The summed E-state index contributed by atoms with van der Waals surface area (Å²) in [4.78, 5) is 8.10. The van der Waals surface area contributed by atoms with E-state index in [0.717, 1.165) is 6.07 Å². The highest BCUT2D eigenvalue weighted by Crippen LogP contribution is 2.48. The summed E-state index contributed by atoms with van der Waals surface area (Å²) in [6.45, 7) is 3.11. The van der Waals surface area contributed by atoms with Crippen LogP contribution in [0.15, 0.2) is 24.7 Å². The van der Waals surface area contributed by atoms with Gasteiger partial charge in [-0.15, -0.1) is 0 Å². The number of nitrogens with one attached hydrogen (secondary N) is 1. The van der Waals surface area contributed by atoms with Crippen molar-refractivity contribution in [3.8, 4) is 0 Å². The van der Waals surface area contributed by atoms with Crippen LogP contribution in [0.2, 0.25) is 0 Å². The Morgan fingerprint density at radius 2 is 2.09 bits per heavy atom. The maximum Gasteiger partial charge on any atom is 0.266 e. The van der Waals surface area contributed by atoms with Gasteiger partial charge < -0.3 is 35.7 Å². The van der Waals surface area contributed by atoms with Crippen molar-refractivity contribution in [2.75, 3.05) is 12.3 Å². The highest BCUT2D eigenvalue weighted by molar-refractivity contribution is 5.86. The number of hydrogen-bond acceptors (Lipinski definition) is 8. The molecular formula is C23H26F3N5O4. The van der Waals surface area contributed by atoms with Crippen molar-refractivity contribution < 1.29 is 33.2 Å². The zero-order valence-electron chi connectivity index (χ0n) is 19.0. The van der Waals surface area contributed by atoms with Crippen LogP contribution in [0.4, 0.5) is 19.0 Å². The van der Waals surface area contributed by atoms with Gasteiger partial charge in [0.2, 0.25) is 0 Å². The zero-order chi connectivity index (χ0) is 25.3. The minimum absolute atomic E-state index is 0.00143. The van der Waals surface area contributed by atoms with E-state index < -0.39 is 47.4 Å². The summed E-state index contributed by atoms with van der Waals surface area (Å²) in [5, 5.41) is 37.6. The molecule has 12 heteroatoms. The summed E-state index contributed by atoms with van der Waals surface area (Å²) in [5.41, 5.74) is 1.69. The van der Waals surface area contributed by atoms with E-state index in [1.165, 1.54) is 24.7 Å². The molecule has 4 heterocycles. The second-order valence-electron chi connectivity index (χ2n) is 9.46. The summed E-state index contributed by atoms with van der Waals surface area (Å²) >= 11 is 0. The van der Waals surface area contributed by atoms with Crippen molar-refractivity contribution >= 4 is 16.9 Å². The SMILES string of the molecule is C[C@]1(O)[C@@H](O)[C@H](n2ccc3c(N)ncnc32)O[C@@H]1[C@](C)(O)c1cc(C(F)F)c(F)c2c1CNCC2. The highest BCUT2D eigenvalue weighted by atomic mass is 19.3. The van der Waals surface area contributed by atoms with Gasteiger partial charge in [-0.1, -0.05) is 0 Å². The molecule has 9 nitrogen and oxygen atoms in total. The van der Waals surface area contributed by atoms with E-state index in [2.05, 4.69) is 15.3 Å². The molecule has 5 atom stereocenters. The summed E-state index contributed by atoms with van der Waals surface area (Å²) in [6.07, 6.45) is -4.38. The minimum Gasteiger partial charge on any atom is -0.385 e. The molecule has 2 aromatic heterocycles. The molecule has 1 aromatic carbocycles. The Hall–Kier alpha value is -2.77. The average Bonchev–Trinajstić information content (AvgIpc) is 3.33. The van der Waals surface area contributed by atoms with E-state index in [4.69, 9.17) is 10.5 Å². The fraction of sp³-hybridized carbons (Fsp3) is 0.478. The molecule has 0 spiro atoms. The molecule has 0 aliphatic carbocycles. The van der Waals surface area contributed by atoms with Crippen molar-refractivity contribution in [1.29, 1.82) is 0 Å². The average molecular weight is 493 g/mol. The van der Waals surface area contributed by atoms with E-state index in [-0.39, 0.29) is 29.9 Å². The lowest BCUT2D eigenvalue weighted by atomic mass is 9.76. The number of halogens is 3. The lowest BCUT2D eigenvalue weighted by Crippen LogP contribution is -2.54. The van der Waals surface area contributed by atoms with Gasteiger partial charge in [0.25, 0.3) is 6.43 Å². The van der Waals surface area contributed by atoms with Crippen molar-refractivity contribution in [3.05, 3.63) is 52.7 Å². The molecule has 5 rings (SSSR count). The van der Waals surface area contributed by atoms with Crippen LogP contribution in [0, 0.1) is 5.82 Å². The van der Waals surface area contributed by atoms with Gasteiger partial charge in [-0.3, -0.25) is 0 Å². The number of ether oxygens (including phenoxy) is 1. The predicted octanol–water partition coefficient (Wildman–Crippen LogP) is 1.65. The Labute approximate surface area is 198 Å². The monoisotopic (exact) mass is 493 g/mol. The summed E-state index contributed by atoms with van der Waals surface area (Å²) in [7, 11) is 0. The number of rotatable bonds is 4. The molecule has 6 N–H and O–H groups in total. The molecule has 0 amide bonds. The van der Waals surface area contributed by atoms with E-state index >= 15 is 0 Å². The van der Waals surface area contributed by atoms with Crippen LogP contribution in [0.5, 0.6) is 0 Å². The fourth-order valence-electron chi connectivity index (χ4n) is 5.33. The number of nitrogens with zero attached hydrogens (tertiary/aromatic N) is 3. The third kappa shape index (κ3) is 3.51. The van der Waals surface area contributed by atoms with Crippen LogP contribution in [0.25, 0.3) is 11.0 Å². The van der Waals surface area contributed by atoms with Crippen LogP contribution >= 0.6 is 0 Å². The lowest BCUT2D eigenvalue weighted by molar-refractivity contribution is -0.162. The summed E-state index contributed by atoms with van der Waals surface area (Å²) in [5.74, 6) is -0.786. The molecule has 1 saturated heterocycles. The van der Waals surface area contributed by atoms with Gasteiger partial charge in [0.1, 0.15) is 47.0 Å². The van der Waals surface area contributed by atoms with Crippen molar-refractivity contribution in [3.63, 3.8) is 0 Å².